The Labute approximate surface area is 145 Å². The van der Waals surface area contributed by atoms with Crippen molar-refractivity contribution >= 4 is 49.4 Å². The summed E-state index contributed by atoms with van der Waals surface area (Å²) in [6.07, 6.45) is 0. The molecule has 5 aromatic rings. The fourth-order valence-corrected chi connectivity index (χ4v) is 4.50. The van der Waals surface area contributed by atoms with Crippen molar-refractivity contribution in [3.8, 4) is 0 Å². The molecule has 0 fully saturated rings. The van der Waals surface area contributed by atoms with Gasteiger partial charge in [-0.1, -0.05) is 30.3 Å². The predicted octanol–water partition coefficient (Wildman–Crippen LogP) is 5.88. The molecule has 0 saturated heterocycles. The molecule has 0 unspecified atom stereocenters. The maximum atomic E-state index is 6.17. The third kappa shape index (κ3) is 1.52. The van der Waals surface area contributed by atoms with Gasteiger partial charge in [-0.25, -0.2) is 0 Å². The van der Waals surface area contributed by atoms with E-state index in [-0.39, 0.29) is 0 Å². The summed E-state index contributed by atoms with van der Waals surface area (Å²) in [5.74, 6) is 0. The molecule has 0 atom stereocenters. The summed E-state index contributed by atoms with van der Waals surface area (Å²) in [4.78, 5) is 2.48. The lowest BCUT2D eigenvalue weighted by molar-refractivity contribution is 0.628. The third-order valence-corrected chi connectivity index (χ3v) is 5.59. The van der Waals surface area contributed by atoms with Crippen molar-refractivity contribution in [3.05, 3.63) is 54.6 Å². The Morgan fingerprint density at radius 2 is 1.56 bits per heavy atom. The number of nitrogens with zero attached hydrogens (tertiary/aromatic N) is 2. The predicted molar refractivity (Wildman–Crippen MR) is 104 cm³/mol. The van der Waals surface area contributed by atoms with Crippen molar-refractivity contribution in [2.75, 3.05) is 4.90 Å². The third-order valence-electron chi connectivity index (χ3n) is 5.59. The molecule has 3 heterocycles. The first-order chi connectivity index (χ1) is 12.2. The minimum Gasteiger partial charge on any atom is -0.456 e. The van der Waals surface area contributed by atoms with Gasteiger partial charge in [0.05, 0.1) is 28.8 Å². The van der Waals surface area contributed by atoms with E-state index < -0.39 is 0 Å². The Hall–Kier alpha value is -2.94. The molecule has 0 radical (unpaired) electrons. The van der Waals surface area contributed by atoms with Gasteiger partial charge in [-0.3, -0.25) is 0 Å². The number of furan rings is 1. The Kier molecular flexibility index (Phi) is 2.33. The lowest BCUT2D eigenvalue weighted by atomic mass is 10.0. The number of benzene rings is 3. The van der Waals surface area contributed by atoms with Crippen LogP contribution in [-0.4, -0.2) is 10.6 Å². The van der Waals surface area contributed by atoms with Gasteiger partial charge in [0, 0.05) is 16.8 Å². The van der Waals surface area contributed by atoms with E-state index >= 15 is 0 Å². The fourth-order valence-electron chi connectivity index (χ4n) is 4.50. The molecule has 3 heteroatoms. The number of para-hydroxylation sites is 1. The first-order valence-corrected chi connectivity index (χ1v) is 8.86. The SMILES string of the molecule is CC(C)N1Cn2c3cccc4oc5cccc(c6cccc1c62)c5c43. The zero-order valence-corrected chi connectivity index (χ0v) is 14.3. The van der Waals surface area contributed by atoms with Crippen LogP contribution in [0.5, 0.6) is 0 Å². The molecule has 0 spiro atoms. The lowest BCUT2D eigenvalue weighted by Gasteiger charge is -2.23. The highest BCUT2D eigenvalue weighted by molar-refractivity contribution is 6.26. The van der Waals surface area contributed by atoms with Crippen LogP contribution in [0.15, 0.2) is 59.0 Å². The van der Waals surface area contributed by atoms with E-state index in [9.17, 15) is 0 Å². The average molecular weight is 326 g/mol. The zero-order valence-electron chi connectivity index (χ0n) is 14.3. The molecular weight excluding hydrogens is 308 g/mol. The highest BCUT2D eigenvalue weighted by atomic mass is 16.3. The van der Waals surface area contributed by atoms with Gasteiger partial charge in [-0.15, -0.1) is 0 Å². The van der Waals surface area contributed by atoms with Gasteiger partial charge in [0.1, 0.15) is 11.2 Å². The van der Waals surface area contributed by atoms with Crippen LogP contribution < -0.4 is 4.90 Å². The molecule has 0 saturated carbocycles. The van der Waals surface area contributed by atoms with Crippen molar-refractivity contribution in [2.45, 2.75) is 26.6 Å². The highest BCUT2D eigenvalue weighted by Gasteiger charge is 2.26. The maximum Gasteiger partial charge on any atom is 0.137 e. The van der Waals surface area contributed by atoms with Crippen LogP contribution in [0.2, 0.25) is 0 Å². The molecule has 6 rings (SSSR count). The Balaban J connectivity index is 2.00. The first-order valence-electron chi connectivity index (χ1n) is 8.86. The van der Waals surface area contributed by atoms with Crippen LogP contribution in [0.1, 0.15) is 13.8 Å². The molecule has 0 bridgehead atoms. The van der Waals surface area contributed by atoms with Crippen LogP contribution >= 0.6 is 0 Å². The summed E-state index contributed by atoms with van der Waals surface area (Å²) in [6, 6.07) is 19.9. The minimum atomic E-state index is 0.456. The van der Waals surface area contributed by atoms with Crippen molar-refractivity contribution in [1.29, 1.82) is 0 Å². The van der Waals surface area contributed by atoms with Gasteiger partial charge in [0.2, 0.25) is 0 Å². The summed E-state index contributed by atoms with van der Waals surface area (Å²) in [5.41, 5.74) is 5.84. The minimum absolute atomic E-state index is 0.456. The molecule has 2 aromatic heterocycles. The molecule has 25 heavy (non-hydrogen) atoms. The van der Waals surface area contributed by atoms with Crippen molar-refractivity contribution in [1.82, 2.24) is 4.57 Å². The molecule has 1 aliphatic rings. The second-order valence-electron chi connectivity index (χ2n) is 7.24. The lowest BCUT2D eigenvalue weighted by Crippen LogP contribution is -2.28. The van der Waals surface area contributed by atoms with Gasteiger partial charge >= 0.3 is 0 Å². The number of anilines is 1. The Morgan fingerprint density at radius 3 is 2.40 bits per heavy atom. The summed E-state index contributed by atoms with van der Waals surface area (Å²) < 4.78 is 8.63. The molecule has 0 amide bonds. The Morgan fingerprint density at radius 1 is 0.840 bits per heavy atom. The normalized spacial score (nSPS) is 14.1. The van der Waals surface area contributed by atoms with E-state index in [1.54, 1.807) is 0 Å². The fraction of sp³-hybridized carbons (Fsp3) is 0.182. The summed E-state index contributed by atoms with van der Waals surface area (Å²) in [5, 5.41) is 5.05. The number of rotatable bonds is 1. The number of hydrogen-bond donors (Lipinski definition) is 0. The standard InChI is InChI=1S/C22H18N2O/c1-13(2)23-12-24-16-8-5-11-19-21(16)20-14(6-4-10-18(20)25-19)15-7-3-9-17(23)22(15)24/h3-11,13H,12H2,1-2H3. The van der Waals surface area contributed by atoms with Crippen LogP contribution in [-0.2, 0) is 6.67 Å². The van der Waals surface area contributed by atoms with E-state index in [0.717, 1.165) is 17.8 Å². The number of fused-ring (bicyclic) bond motifs is 2. The van der Waals surface area contributed by atoms with E-state index in [1.165, 1.54) is 38.3 Å². The average Bonchev–Trinajstić information content (AvgIpc) is 3.16. The summed E-state index contributed by atoms with van der Waals surface area (Å²) in [6.45, 7) is 5.40. The van der Waals surface area contributed by atoms with Crippen molar-refractivity contribution in [2.24, 2.45) is 0 Å². The van der Waals surface area contributed by atoms with E-state index in [1.807, 2.05) is 0 Å². The van der Waals surface area contributed by atoms with Crippen LogP contribution in [0, 0.1) is 0 Å². The summed E-state index contributed by atoms with van der Waals surface area (Å²) >= 11 is 0. The second kappa shape index (κ2) is 4.37. The van der Waals surface area contributed by atoms with Gasteiger partial charge < -0.3 is 13.9 Å². The number of hydrogen-bond acceptors (Lipinski definition) is 2. The summed E-state index contributed by atoms with van der Waals surface area (Å²) in [7, 11) is 0. The van der Waals surface area contributed by atoms with E-state index in [0.29, 0.717) is 6.04 Å². The largest absolute Gasteiger partial charge is 0.456 e. The quantitative estimate of drug-likeness (QED) is 0.383. The number of aromatic nitrogens is 1. The monoisotopic (exact) mass is 326 g/mol. The van der Waals surface area contributed by atoms with Crippen LogP contribution in [0.3, 0.4) is 0 Å². The smallest absolute Gasteiger partial charge is 0.137 e. The molecule has 0 aliphatic carbocycles. The van der Waals surface area contributed by atoms with Gasteiger partial charge in [0.15, 0.2) is 0 Å². The first kappa shape index (κ1) is 13.4. The van der Waals surface area contributed by atoms with Gasteiger partial charge in [-0.2, -0.15) is 0 Å². The Bertz CT molecular complexity index is 1310. The molecule has 0 N–H and O–H groups in total. The topological polar surface area (TPSA) is 21.3 Å². The van der Waals surface area contributed by atoms with Crippen molar-refractivity contribution in [3.63, 3.8) is 0 Å². The molecule has 1 aliphatic heterocycles. The van der Waals surface area contributed by atoms with E-state index in [2.05, 4.69) is 77.9 Å². The van der Waals surface area contributed by atoms with Gasteiger partial charge in [0.25, 0.3) is 0 Å². The molecule has 3 aromatic carbocycles. The molecule has 122 valence electrons. The highest BCUT2D eigenvalue weighted by Crippen LogP contribution is 2.43. The molecule has 3 nitrogen and oxygen atoms in total. The van der Waals surface area contributed by atoms with Crippen LogP contribution in [0.4, 0.5) is 5.69 Å². The van der Waals surface area contributed by atoms with Gasteiger partial charge in [-0.05, 0) is 43.5 Å². The second-order valence-corrected chi connectivity index (χ2v) is 7.24. The van der Waals surface area contributed by atoms with Crippen molar-refractivity contribution < 1.29 is 4.42 Å². The van der Waals surface area contributed by atoms with E-state index in [4.69, 9.17) is 4.42 Å². The van der Waals surface area contributed by atoms with Crippen LogP contribution in [0.25, 0.3) is 43.7 Å². The molecular formula is C22H18N2O. The maximum absolute atomic E-state index is 6.17. The zero-order chi connectivity index (χ0) is 16.7.